The van der Waals surface area contributed by atoms with E-state index in [1.807, 2.05) is 49.4 Å². The zero-order valence-electron chi connectivity index (χ0n) is 18.0. The Hall–Kier alpha value is -2.89. The van der Waals surface area contributed by atoms with E-state index in [1.54, 1.807) is 4.90 Å². The Kier molecular flexibility index (Phi) is 7.08. The number of rotatable bonds is 6. The predicted octanol–water partition coefficient (Wildman–Crippen LogP) is 5.97. The molecule has 0 unspecified atom stereocenters. The highest BCUT2D eigenvalue weighted by molar-refractivity contribution is 6.30. The number of carbonyl (C=O) groups excluding carboxylic acids is 1. The fourth-order valence-corrected chi connectivity index (χ4v) is 4.48. The van der Waals surface area contributed by atoms with Gasteiger partial charge in [-0.25, -0.2) is 9.18 Å². The molecule has 6 heteroatoms. The highest BCUT2D eigenvalue weighted by atomic mass is 35.5. The van der Waals surface area contributed by atoms with Gasteiger partial charge in [0, 0.05) is 37.1 Å². The molecular formula is C26H26ClFN2O2. The minimum atomic E-state index is -0.426. The third-order valence-electron chi connectivity index (χ3n) is 5.91. The van der Waals surface area contributed by atoms with Crippen molar-refractivity contribution in [3.8, 4) is 5.75 Å². The Morgan fingerprint density at radius 1 is 1.03 bits per heavy atom. The SMILES string of the molecule is CCN(C(=O)Oc1ccc(F)cc1)[C@@H]1CN(Cc2ccccc2)C[C@H]1c1ccc(Cl)cc1. The van der Waals surface area contributed by atoms with Gasteiger partial charge < -0.3 is 9.64 Å². The third kappa shape index (κ3) is 5.29. The molecule has 3 aromatic carbocycles. The highest BCUT2D eigenvalue weighted by Crippen LogP contribution is 2.33. The molecule has 0 bridgehead atoms. The number of carbonyl (C=O) groups is 1. The van der Waals surface area contributed by atoms with E-state index in [0.29, 0.717) is 17.3 Å². The zero-order chi connectivity index (χ0) is 22.5. The van der Waals surface area contributed by atoms with Crippen molar-refractivity contribution in [2.45, 2.75) is 25.4 Å². The summed E-state index contributed by atoms with van der Waals surface area (Å²) in [4.78, 5) is 17.2. The second-order valence-corrected chi connectivity index (χ2v) is 8.45. The molecule has 0 spiro atoms. The van der Waals surface area contributed by atoms with Crippen LogP contribution in [-0.2, 0) is 6.54 Å². The quantitative estimate of drug-likeness (QED) is 0.462. The third-order valence-corrected chi connectivity index (χ3v) is 6.16. The molecule has 0 saturated carbocycles. The molecule has 4 nitrogen and oxygen atoms in total. The fraction of sp³-hybridized carbons (Fsp3) is 0.269. The van der Waals surface area contributed by atoms with Gasteiger partial charge in [-0.15, -0.1) is 0 Å². The lowest BCUT2D eigenvalue weighted by molar-refractivity contribution is 0.131. The Bertz CT molecular complexity index is 1030. The van der Waals surface area contributed by atoms with E-state index in [1.165, 1.54) is 29.8 Å². The number of likely N-dealkylation sites (N-methyl/N-ethyl adjacent to an activating group) is 1. The maximum absolute atomic E-state index is 13.2. The van der Waals surface area contributed by atoms with Crippen LogP contribution in [0.25, 0.3) is 0 Å². The second-order valence-electron chi connectivity index (χ2n) is 8.01. The summed E-state index contributed by atoms with van der Waals surface area (Å²) in [6, 6.07) is 23.6. The van der Waals surface area contributed by atoms with Crippen molar-refractivity contribution in [3.05, 3.63) is 101 Å². The maximum Gasteiger partial charge on any atom is 0.415 e. The van der Waals surface area contributed by atoms with E-state index in [-0.39, 0.29) is 17.8 Å². The summed E-state index contributed by atoms with van der Waals surface area (Å²) in [5.41, 5.74) is 2.38. The van der Waals surface area contributed by atoms with Crippen LogP contribution in [-0.4, -0.2) is 41.6 Å². The standard InChI is InChI=1S/C26H26ClFN2O2/c1-2-30(26(31)32-23-14-12-22(28)13-15-23)25-18-29(16-19-6-4-3-5-7-19)17-24(25)20-8-10-21(27)11-9-20/h3-15,24-25H,2,16-18H2,1H3/t24-,25+/m0/s1. The first-order valence-electron chi connectivity index (χ1n) is 10.8. The topological polar surface area (TPSA) is 32.8 Å². The lowest BCUT2D eigenvalue weighted by Gasteiger charge is -2.31. The Morgan fingerprint density at radius 2 is 1.72 bits per heavy atom. The van der Waals surface area contributed by atoms with E-state index in [4.69, 9.17) is 16.3 Å². The number of hydrogen-bond donors (Lipinski definition) is 0. The maximum atomic E-state index is 13.2. The first-order valence-corrected chi connectivity index (χ1v) is 11.2. The Morgan fingerprint density at radius 3 is 2.38 bits per heavy atom. The molecule has 2 atom stereocenters. The van der Waals surface area contributed by atoms with E-state index in [0.717, 1.165) is 25.2 Å². The lowest BCUT2D eigenvalue weighted by Crippen LogP contribution is -2.45. The largest absolute Gasteiger partial charge is 0.415 e. The Balaban J connectivity index is 1.56. The van der Waals surface area contributed by atoms with Crippen LogP contribution in [0, 0.1) is 5.82 Å². The summed E-state index contributed by atoms with van der Waals surface area (Å²) >= 11 is 6.11. The molecule has 1 saturated heterocycles. The summed E-state index contributed by atoms with van der Waals surface area (Å²) in [7, 11) is 0. The molecule has 0 aliphatic carbocycles. The average molecular weight is 453 g/mol. The van der Waals surface area contributed by atoms with Gasteiger partial charge in [0.15, 0.2) is 0 Å². The van der Waals surface area contributed by atoms with Gasteiger partial charge in [-0.1, -0.05) is 54.1 Å². The molecule has 0 radical (unpaired) electrons. The van der Waals surface area contributed by atoms with Crippen molar-refractivity contribution in [1.82, 2.24) is 9.80 Å². The summed E-state index contributed by atoms with van der Waals surface area (Å²) in [5, 5.41) is 0.688. The molecule has 1 amide bonds. The number of likely N-dealkylation sites (tertiary alicyclic amines) is 1. The molecule has 0 aromatic heterocycles. The number of nitrogens with zero attached hydrogens (tertiary/aromatic N) is 2. The Labute approximate surface area is 193 Å². The number of benzene rings is 3. The number of hydrogen-bond acceptors (Lipinski definition) is 3. The number of halogens is 2. The minimum Gasteiger partial charge on any atom is -0.410 e. The zero-order valence-corrected chi connectivity index (χ0v) is 18.7. The van der Waals surface area contributed by atoms with Gasteiger partial charge in [0.2, 0.25) is 0 Å². The van der Waals surface area contributed by atoms with Crippen molar-refractivity contribution >= 4 is 17.7 Å². The molecule has 0 N–H and O–H groups in total. The van der Waals surface area contributed by atoms with E-state index in [2.05, 4.69) is 17.0 Å². The normalized spacial score (nSPS) is 18.5. The van der Waals surface area contributed by atoms with Crippen LogP contribution in [0.1, 0.15) is 24.0 Å². The van der Waals surface area contributed by atoms with Gasteiger partial charge in [-0.05, 0) is 54.4 Å². The number of ether oxygens (including phenoxy) is 1. The van der Waals surface area contributed by atoms with Crippen molar-refractivity contribution in [2.24, 2.45) is 0 Å². The molecule has 1 aliphatic heterocycles. The monoisotopic (exact) mass is 452 g/mol. The molecule has 1 aliphatic rings. The van der Waals surface area contributed by atoms with Gasteiger partial charge in [0.1, 0.15) is 11.6 Å². The van der Waals surface area contributed by atoms with Crippen molar-refractivity contribution in [2.75, 3.05) is 19.6 Å². The molecule has 32 heavy (non-hydrogen) atoms. The highest BCUT2D eigenvalue weighted by Gasteiger charge is 2.39. The van der Waals surface area contributed by atoms with Gasteiger partial charge in [0.25, 0.3) is 0 Å². The van der Waals surface area contributed by atoms with Crippen molar-refractivity contribution in [1.29, 1.82) is 0 Å². The van der Waals surface area contributed by atoms with Crippen LogP contribution >= 0.6 is 11.6 Å². The van der Waals surface area contributed by atoms with Gasteiger partial charge in [0.05, 0.1) is 6.04 Å². The van der Waals surface area contributed by atoms with Crippen molar-refractivity contribution in [3.63, 3.8) is 0 Å². The van der Waals surface area contributed by atoms with E-state index < -0.39 is 6.09 Å². The van der Waals surface area contributed by atoms with E-state index >= 15 is 0 Å². The summed E-state index contributed by atoms with van der Waals surface area (Å²) in [6.07, 6.45) is -0.426. The van der Waals surface area contributed by atoms with Gasteiger partial charge in [-0.3, -0.25) is 4.90 Å². The van der Waals surface area contributed by atoms with Crippen LogP contribution in [0.4, 0.5) is 9.18 Å². The first-order chi connectivity index (χ1) is 15.5. The van der Waals surface area contributed by atoms with Crippen LogP contribution in [0.5, 0.6) is 5.75 Å². The average Bonchev–Trinajstić information content (AvgIpc) is 3.20. The fourth-order valence-electron chi connectivity index (χ4n) is 4.35. The van der Waals surface area contributed by atoms with Gasteiger partial charge >= 0.3 is 6.09 Å². The molecule has 4 rings (SSSR count). The summed E-state index contributed by atoms with van der Waals surface area (Å²) in [5.74, 6) is 0.0843. The van der Waals surface area contributed by atoms with Crippen LogP contribution in [0.15, 0.2) is 78.9 Å². The number of amides is 1. The molecule has 1 heterocycles. The lowest BCUT2D eigenvalue weighted by atomic mass is 9.93. The first kappa shape index (κ1) is 22.3. The second kappa shape index (κ2) is 10.2. The molecule has 3 aromatic rings. The molecule has 166 valence electrons. The summed E-state index contributed by atoms with van der Waals surface area (Å²) < 4.78 is 18.8. The van der Waals surface area contributed by atoms with Crippen LogP contribution < -0.4 is 4.74 Å². The predicted molar refractivity (Wildman–Crippen MR) is 125 cm³/mol. The van der Waals surface area contributed by atoms with Crippen LogP contribution in [0.3, 0.4) is 0 Å². The molecule has 1 fully saturated rings. The molecular weight excluding hydrogens is 427 g/mol. The van der Waals surface area contributed by atoms with Crippen LogP contribution in [0.2, 0.25) is 5.02 Å². The smallest absolute Gasteiger partial charge is 0.410 e. The van der Waals surface area contributed by atoms with Gasteiger partial charge in [-0.2, -0.15) is 0 Å². The minimum absolute atomic E-state index is 0.0576. The summed E-state index contributed by atoms with van der Waals surface area (Å²) in [6.45, 7) is 4.82. The van der Waals surface area contributed by atoms with Crippen molar-refractivity contribution < 1.29 is 13.9 Å². The van der Waals surface area contributed by atoms with E-state index in [9.17, 15) is 9.18 Å².